The largest absolute Gasteiger partial charge is 0.426 e. The Kier molecular flexibility index (Phi) is 5.98. The van der Waals surface area contributed by atoms with E-state index in [0.29, 0.717) is 26.6 Å². The summed E-state index contributed by atoms with van der Waals surface area (Å²) in [6.45, 7) is 1.33. The molecule has 0 N–H and O–H groups in total. The molecule has 7 rings (SSSR count). The maximum atomic E-state index is 13.5. The van der Waals surface area contributed by atoms with E-state index in [4.69, 9.17) is 9.84 Å². The monoisotopic (exact) mass is 555 g/mol. The molecule has 0 atom stereocenters. The van der Waals surface area contributed by atoms with E-state index in [2.05, 4.69) is 34.3 Å². The van der Waals surface area contributed by atoms with Crippen LogP contribution in [0.4, 0.5) is 0 Å². The molecule has 0 unspecified atom stereocenters. The van der Waals surface area contributed by atoms with Crippen molar-refractivity contribution in [3.05, 3.63) is 124 Å². The molecule has 7 aromatic rings. The molecule has 0 bridgehead atoms. The number of nitrogens with zero attached hydrogens (tertiary/aromatic N) is 5. The van der Waals surface area contributed by atoms with Crippen LogP contribution in [0.25, 0.3) is 50.1 Å². The van der Waals surface area contributed by atoms with E-state index < -0.39 is 5.97 Å². The van der Waals surface area contributed by atoms with E-state index in [0.717, 1.165) is 33.3 Å². The third-order valence-electron chi connectivity index (χ3n) is 6.64. The molecule has 8 nitrogen and oxygen atoms in total. The van der Waals surface area contributed by atoms with Gasteiger partial charge in [0.15, 0.2) is 5.82 Å². The van der Waals surface area contributed by atoms with Gasteiger partial charge in [0.2, 0.25) is 4.96 Å². The molecule has 9 heteroatoms. The Balaban J connectivity index is 1.36. The molecule has 198 valence electrons. The van der Waals surface area contributed by atoms with Crippen LogP contribution in [0.15, 0.2) is 108 Å². The fraction of sp³-hybridized carbons (Fsp3) is 0.0312. The molecule has 0 spiro atoms. The van der Waals surface area contributed by atoms with Crippen LogP contribution in [-0.2, 0) is 4.79 Å². The van der Waals surface area contributed by atoms with Gasteiger partial charge in [-0.1, -0.05) is 78.1 Å². The zero-order valence-corrected chi connectivity index (χ0v) is 22.6. The number of ether oxygens (including phenoxy) is 1. The minimum absolute atomic E-state index is 0.286. The molecule has 41 heavy (non-hydrogen) atoms. The summed E-state index contributed by atoms with van der Waals surface area (Å²) in [7, 11) is 0. The topological polar surface area (TPSA) is 91.4 Å². The summed E-state index contributed by atoms with van der Waals surface area (Å²) in [6.07, 6.45) is 3.77. The first-order valence-corrected chi connectivity index (χ1v) is 13.7. The summed E-state index contributed by atoms with van der Waals surface area (Å²) in [5, 5.41) is 11.6. The molecule has 3 aromatic heterocycles. The van der Waals surface area contributed by atoms with Crippen LogP contribution in [0.5, 0.6) is 5.75 Å². The second-order valence-corrected chi connectivity index (χ2v) is 10.4. The molecular weight excluding hydrogens is 534 g/mol. The zero-order chi connectivity index (χ0) is 27.9. The molecule has 0 fully saturated rings. The molecule has 0 saturated heterocycles. The van der Waals surface area contributed by atoms with Gasteiger partial charge in [0, 0.05) is 24.2 Å². The first kappa shape index (κ1) is 24.6. The maximum Gasteiger partial charge on any atom is 0.308 e. The van der Waals surface area contributed by atoms with Crippen LogP contribution in [0.2, 0.25) is 0 Å². The highest BCUT2D eigenvalue weighted by atomic mass is 32.1. The molecule has 4 aromatic carbocycles. The normalized spacial score (nSPS) is 11.9. The van der Waals surface area contributed by atoms with Crippen molar-refractivity contribution >= 4 is 39.1 Å². The van der Waals surface area contributed by atoms with Crippen molar-refractivity contribution in [3.8, 4) is 34.1 Å². The number of benzene rings is 4. The van der Waals surface area contributed by atoms with Crippen LogP contribution >= 0.6 is 11.3 Å². The summed E-state index contributed by atoms with van der Waals surface area (Å²) >= 11 is 1.24. The quantitative estimate of drug-likeness (QED) is 0.212. The first-order valence-electron chi connectivity index (χ1n) is 12.9. The highest BCUT2D eigenvalue weighted by Crippen LogP contribution is 2.29. The van der Waals surface area contributed by atoms with Gasteiger partial charge in [0.05, 0.1) is 15.8 Å². The number of aromatic nitrogens is 5. The summed E-state index contributed by atoms with van der Waals surface area (Å²) in [5.41, 5.74) is 3.66. The highest BCUT2D eigenvalue weighted by molar-refractivity contribution is 7.15. The van der Waals surface area contributed by atoms with Crippen molar-refractivity contribution in [3.63, 3.8) is 0 Å². The Morgan fingerprint density at radius 3 is 2.44 bits per heavy atom. The smallest absolute Gasteiger partial charge is 0.308 e. The van der Waals surface area contributed by atoms with Gasteiger partial charge < -0.3 is 4.74 Å². The van der Waals surface area contributed by atoms with Gasteiger partial charge in [-0.3, -0.25) is 9.59 Å². The number of para-hydroxylation sites is 2. The first-order chi connectivity index (χ1) is 20.0. The predicted molar refractivity (Wildman–Crippen MR) is 159 cm³/mol. The lowest BCUT2D eigenvalue weighted by Gasteiger charge is -2.04. The van der Waals surface area contributed by atoms with Crippen molar-refractivity contribution in [1.82, 2.24) is 24.4 Å². The number of hydrogen-bond donors (Lipinski definition) is 0. The van der Waals surface area contributed by atoms with Gasteiger partial charge in [-0.15, -0.1) is 5.10 Å². The van der Waals surface area contributed by atoms with Crippen LogP contribution in [-0.4, -0.2) is 30.3 Å². The molecule has 0 aliphatic heterocycles. The molecule has 0 saturated carbocycles. The lowest BCUT2D eigenvalue weighted by molar-refractivity contribution is -0.131. The Bertz CT molecular complexity index is 2200. The Morgan fingerprint density at radius 2 is 1.63 bits per heavy atom. The second-order valence-electron chi connectivity index (χ2n) is 9.41. The van der Waals surface area contributed by atoms with Gasteiger partial charge in [0.25, 0.3) is 5.56 Å². The van der Waals surface area contributed by atoms with E-state index in [-0.39, 0.29) is 5.56 Å². The Labute approximate surface area is 237 Å². The minimum atomic E-state index is -0.446. The van der Waals surface area contributed by atoms with Crippen molar-refractivity contribution in [2.75, 3.05) is 0 Å². The average Bonchev–Trinajstić information content (AvgIpc) is 3.68. The fourth-order valence-corrected chi connectivity index (χ4v) is 5.65. The molecule has 3 heterocycles. The summed E-state index contributed by atoms with van der Waals surface area (Å²) in [6, 6.07) is 31.2. The van der Waals surface area contributed by atoms with E-state index in [9.17, 15) is 9.59 Å². The van der Waals surface area contributed by atoms with Crippen LogP contribution in [0.1, 0.15) is 12.5 Å². The summed E-state index contributed by atoms with van der Waals surface area (Å²) < 4.78 is 8.90. The van der Waals surface area contributed by atoms with Gasteiger partial charge >= 0.3 is 5.97 Å². The number of thiazole rings is 1. The number of carbonyl (C=O) groups is 1. The molecule has 0 amide bonds. The van der Waals surface area contributed by atoms with Crippen molar-refractivity contribution < 1.29 is 9.53 Å². The third kappa shape index (κ3) is 4.58. The number of rotatable bonds is 5. The van der Waals surface area contributed by atoms with Gasteiger partial charge in [0.1, 0.15) is 11.4 Å². The minimum Gasteiger partial charge on any atom is -0.426 e. The van der Waals surface area contributed by atoms with Crippen molar-refractivity contribution in [2.45, 2.75) is 6.92 Å². The predicted octanol–water partition coefficient (Wildman–Crippen LogP) is 5.30. The summed E-state index contributed by atoms with van der Waals surface area (Å²) in [4.78, 5) is 30.0. The lowest BCUT2D eigenvalue weighted by Crippen LogP contribution is -2.23. The third-order valence-corrected chi connectivity index (χ3v) is 7.60. The van der Waals surface area contributed by atoms with Crippen LogP contribution < -0.4 is 14.8 Å². The maximum absolute atomic E-state index is 13.5. The molecule has 0 radical (unpaired) electrons. The number of fused-ring (bicyclic) bond motifs is 2. The molecule has 0 aliphatic carbocycles. The standard InChI is InChI=1S/C32H21N5O3S/c1-20(38)40-27-14-8-7-13-26(27)30-33-32-37(35-30)31(39)28(41-32)18-24-19-36(25-11-3-2-4-12-25)34-29(24)23-16-15-21-9-5-6-10-22(21)17-23/h2-19H,1H3. The van der Waals surface area contributed by atoms with Gasteiger partial charge in [-0.25, -0.2) is 4.68 Å². The lowest BCUT2D eigenvalue weighted by atomic mass is 10.0. The van der Waals surface area contributed by atoms with Crippen LogP contribution in [0, 0.1) is 0 Å². The van der Waals surface area contributed by atoms with E-state index in [1.165, 1.54) is 22.8 Å². The number of esters is 1. The van der Waals surface area contributed by atoms with Gasteiger partial charge in [-0.05, 0) is 47.2 Å². The highest BCUT2D eigenvalue weighted by Gasteiger charge is 2.17. The Morgan fingerprint density at radius 1 is 0.878 bits per heavy atom. The van der Waals surface area contributed by atoms with Crippen molar-refractivity contribution in [2.24, 2.45) is 0 Å². The average molecular weight is 556 g/mol. The van der Waals surface area contributed by atoms with Gasteiger partial charge in [-0.2, -0.15) is 14.6 Å². The van der Waals surface area contributed by atoms with Crippen molar-refractivity contribution in [1.29, 1.82) is 0 Å². The molecule has 0 aliphatic rings. The number of hydrogen-bond acceptors (Lipinski definition) is 7. The van der Waals surface area contributed by atoms with E-state index in [1.54, 1.807) is 24.3 Å². The van der Waals surface area contributed by atoms with E-state index in [1.807, 2.05) is 65.5 Å². The van der Waals surface area contributed by atoms with E-state index >= 15 is 0 Å². The Hall–Kier alpha value is -5.41. The molecular formula is C32H21N5O3S. The fourth-order valence-electron chi connectivity index (χ4n) is 4.75. The zero-order valence-electron chi connectivity index (χ0n) is 21.8. The second kappa shape index (κ2) is 9.96. The summed E-state index contributed by atoms with van der Waals surface area (Å²) in [5.74, 6) is 0.203. The number of carbonyl (C=O) groups excluding carboxylic acids is 1. The SMILES string of the molecule is CC(=O)Oc1ccccc1-c1nc2sc(=Cc3cn(-c4ccccc4)nc3-c3ccc4ccccc4c3)c(=O)n2n1. The van der Waals surface area contributed by atoms with Crippen LogP contribution in [0.3, 0.4) is 0 Å².